The third-order valence-corrected chi connectivity index (χ3v) is 4.47. The molecule has 0 spiro atoms. The van der Waals surface area contributed by atoms with E-state index in [9.17, 15) is 4.79 Å². The van der Waals surface area contributed by atoms with Crippen molar-refractivity contribution in [2.24, 2.45) is 10.2 Å². The van der Waals surface area contributed by atoms with Crippen LogP contribution in [-0.4, -0.2) is 23.2 Å². The van der Waals surface area contributed by atoms with Gasteiger partial charge in [-0.3, -0.25) is 4.79 Å². The van der Waals surface area contributed by atoms with Gasteiger partial charge in [-0.2, -0.15) is 5.10 Å². The number of halogens is 1. The van der Waals surface area contributed by atoms with Gasteiger partial charge in [0.15, 0.2) is 0 Å². The predicted octanol–water partition coefficient (Wildman–Crippen LogP) is 5.04. The van der Waals surface area contributed by atoms with Crippen LogP contribution in [0.5, 0.6) is 5.75 Å². The van der Waals surface area contributed by atoms with Crippen LogP contribution in [0.25, 0.3) is 21.3 Å². The summed E-state index contributed by atoms with van der Waals surface area (Å²) in [6.45, 7) is 1.81. The standard InChI is InChI=1S/C20H15BrN6O2/c1-3-8-29-19-7-4-14(21)11-16(19)20(28)26-24-12(2)18-10-13-9-15(25-27-22)5-6-17(13)23-18/h1,4-7,9-11,23H,8H2,2H3,(H,26,28)/b24-12+. The molecular formula is C20H15BrN6O2. The van der Waals surface area contributed by atoms with Crippen LogP contribution in [-0.2, 0) is 0 Å². The topological polar surface area (TPSA) is 115 Å². The molecule has 2 N–H and O–H groups in total. The van der Waals surface area contributed by atoms with Gasteiger partial charge in [-0.15, -0.1) is 6.42 Å². The van der Waals surface area contributed by atoms with Crippen LogP contribution in [0.3, 0.4) is 0 Å². The summed E-state index contributed by atoms with van der Waals surface area (Å²) >= 11 is 3.34. The van der Waals surface area contributed by atoms with Crippen LogP contribution < -0.4 is 10.2 Å². The fraction of sp³-hybridized carbons (Fsp3) is 0.100. The summed E-state index contributed by atoms with van der Waals surface area (Å²) in [6, 6.07) is 12.2. The molecule has 3 rings (SSSR count). The third kappa shape index (κ3) is 4.76. The highest BCUT2D eigenvalue weighted by atomic mass is 79.9. The molecule has 0 fully saturated rings. The number of ether oxygens (including phenoxy) is 1. The molecule has 0 radical (unpaired) electrons. The first kappa shape index (κ1) is 20.0. The van der Waals surface area contributed by atoms with E-state index in [4.69, 9.17) is 16.7 Å². The van der Waals surface area contributed by atoms with Crippen LogP contribution in [0.15, 0.2) is 57.2 Å². The zero-order valence-electron chi connectivity index (χ0n) is 15.3. The highest BCUT2D eigenvalue weighted by Crippen LogP contribution is 2.24. The number of rotatable bonds is 6. The highest BCUT2D eigenvalue weighted by molar-refractivity contribution is 9.10. The van der Waals surface area contributed by atoms with E-state index in [2.05, 4.69) is 47.4 Å². The number of azide groups is 1. The Labute approximate surface area is 174 Å². The first-order valence-corrected chi connectivity index (χ1v) is 9.20. The molecule has 0 aliphatic rings. The van der Waals surface area contributed by atoms with Crippen molar-refractivity contribution in [3.8, 4) is 18.1 Å². The summed E-state index contributed by atoms with van der Waals surface area (Å²) in [5, 5.41) is 8.62. The van der Waals surface area contributed by atoms with Crippen molar-refractivity contribution in [1.29, 1.82) is 0 Å². The zero-order valence-corrected chi connectivity index (χ0v) is 16.9. The molecule has 9 heteroatoms. The van der Waals surface area contributed by atoms with E-state index < -0.39 is 5.91 Å². The van der Waals surface area contributed by atoms with Crippen molar-refractivity contribution in [3.05, 3.63) is 68.6 Å². The van der Waals surface area contributed by atoms with Gasteiger partial charge in [0.1, 0.15) is 12.4 Å². The molecule has 0 aliphatic heterocycles. The van der Waals surface area contributed by atoms with E-state index in [0.29, 0.717) is 22.7 Å². The van der Waals surface area contributed by atoms with Crippen LogP contribution in [0.1, 0.15) is 23.0 Å². The molecule has 0 saturated carbocycles. The second kappa shape index (κ2) is 8.97. The number of fused-ring (bicyclic) bond motifs is 1. The van der Waals surface area contributed by atoms with Crippen molar-refractivity contribution in [2.75, 3.05) is 6.61 Å². The minimum atomic E-state index is -0.431. The summed E-state index contributed by atoms with van der Waals surface area (Å²) in [4.78, 5) is 18.6. The second-order valence-corrected chi connectivity index (χ2v) is 6.83. The fourth-order valence-electron chi connectivity index (χ4n) is 2.61. The van der Waals surface area contributed by atoms with Crippen LogP contribution in [0.2, 0.25) is 0 Å². The number of amides is 1. The molecule has 2 aromatic carbocycles. The number of H-pyrrole nitrogens is 1. The molecule has 29 heavy (non-hydrogen) atoms. The number of carbonyl (C=O) groups excluding carboxylic acids is 1. The number of hydrogen-bond acceptors (Lipinski definition) is 4. The van der Waals surface area contributed by atoms with E-state index in [-0.39, 0.29) is 6.61 Å². The van der Waals surface area contributed by atoms with E-state index in [1.807, 2.05) is 12.1 Å². The zero-order chi connectivity index (χ0) is 20.8. The van der Waals surface area contributed by atoms with E-state index in [0.717, 1.165) is 21.1 Å². The number of aromatic nitrogens is 1. The molecule has 3 aromatic rings. The summed E-state index contributed by atoms with van der Waals surface area (Å²) < 4.78 is 6.14. The van der Waals surface area contributed by atoms with Gasteiger partial charge in [-0.05, 0) is 48.9 Å². The minimum absolute atomic E-state index is 0.0527. The third-order valence-electron chi connectivity index (χ3n) is 3.98. The van der Waals surface area contributed by atoms with Crippen LogP contribution >= 0.6 is 15.9 Å². The van der Waals surface area contributed by atoms with E-state index >= 15 is 0 Å². The summed E-state index contributed by atoms with van der Waals surface area (Å²) in [5.41, 5.74) is 14.1. The highest BCUT2D eigenvalue weighted by Gasteiger charge is 2.13. The Morgan fingerprint density at radius 3 is 2.93 bits per heavy atom. The number of benzene rings is 2. The largest absolute Gasteiger partial charge is 0.480 e. The average Bonchev–Trinajstić information content (AvgIpc) is 3.14. The summed E-state index contributed by atoms with van der Waals surface area (Å²) in [7, 11) is 0. The van der Waals surface area contributed by atoms with Gasteiger partial charge in [-0.1, -0.05) is 33.0 Å². The smallest absolute Gasteiger partial charge is 0.275 e. The Kier molecular flexibility index (Phi) is 6.19. The molecule has 0 aliphatic carbocycles. The number of aromatic amines is 1. The average molecular weight is 451 g/mol. The number of nitrogens with one attached hydrogen (secondary N) is 2. The van der Waals surface area contributed by atoms with Crippen molar-refractivity contribution < 1.29 is 9.53 Å². The number of hydrogen-bond donors (Lipinski definition) is 2. The van der Waals surface area contributed by atoms with Crippen molar-refractivity contribution in [3.63, 3.8) is 0 Å². The molecule has 1 heterocycles. The Balaban J connectivity index is 1.82. The lowest BCUT2D eigenvalue weighted by molar-refractivity contribution is 0.0951. The fourth-order valence-corrected chi connectivity index (χ4v) is 2.97. The normalized spacial score (nSPS) is 10.9. The molecule has 1 amide bonds. The molecular weight excluding hydrogens is 436 g/mol. The van der Waals surface area contributed by atoms with Crippen molar-refractivity contribution >= 4 is 44.1 Å². The number of terminal acetylenes is 1. The first-order valence-electron chi connectivity index (χ1n) is 8.40. The van der Waals surface area contributed by atoms with Crippen molar-refractivity contribution in [2.45, 2.75) is 6.92 Å². The Morgan fingerprint density at radius 1 is 1.34 bits per heavy atom. The molecule has 0 atom stereocenters. The maximum Gasteiger partial charge on any atom is 0.275 e. The van der Waals surface area contributed by atoms with Gasteiger partial charge in [0, 0.05) is 26.0 Å². The summed E-state index contributed by atoms with van der Waals surface area (Å²) in [6.07, 6.45) is 5.22. The van der Waals surface area contributed by atoms with Crippen LogP contribution in [0, 0.1) is 12.3 Å². The van der Waals surface area contributed by atoms with E-state index in [1.54, 1.807) is 37.3 Å². The molecule has 0 bridgehead atoms. The molecule has 8 nitrogen and oxygen atoms in total. The van der Waals surface area contributed by atoms with Gasteiger partial charge in [0.25, 0.3) is 5.91 Å². The van der Waals surface area contributed by atoms with Gasteiger partial charge < -0.3 is 9.72 Å². The lowest BCUT2D eigenvalue weighted by Crippen LogP contribution is -2.20. The second-order valence-electron chi connectivity index (χ2n) is 5.92. The number of carbonyl (C=O) groups is 1. The maximum atomic E-state index is 12.6. The predicted molar refractivity (Wildman–Crippen MR) is 115 cm³/mol. The van der Waals surface area contributed by atoms with Crippen molar-refractivity contribution in [1.82, 2.24) is 10.4 Å². The van der Waals surface area contributed by atoms with Gasteiger partial charge in [-0.25, -0.2) is 5.43 Å². The van der Waals surface area contributed by atoms with Gasteiger partial charge in [0.05, 0.1) is 17.0 Å². The molecule has 0 unspecified atom stereocenters. The lowest BCUT2D eigenvalue weighted by Gasteiger charge is -2.09. The Bertz CT molecular complexity index is 1200. The van der Waals surface area contributed by atoms with E-state index in [1.165, 1.54) is 0 Å². The number of nitrogens with zero attached hydrogens (tertiary/aromatic N) is 4. The monoisotopic (exact) mass is 450 g/mol. The summed E-state index contributed by atoms with van der Waals surface area (Å²) in [5.74, 6) is 2.31. The van der Waals surface area contributed by atoms with Gasteiger partial charge in [0.2, 0.25) is 0 Å². The maximum absolute atomic E-state index is 12.6. The first-order chi connectivity index (χ1) is 14.0. The molecule has 0 saturated heterocycles. The quantitative estimate of drug-likeness (QED) is 0.137. The SMILES string of the molecule is C#CCOc1ccc(Br)cc1C(=O)N/N=C(\C)c1cc2cc(N=[N+]=[N-])ccc2[nH]1. The Hall–Kier alpha value is -3.73. The molecule has 1 aromatic heterocycles. The number of hydrazone groups is 1. The minimum Gasteiger partial charge on any atom is -0.480 e. The lowest BCUT2D eigenvalue weighted by atomic mass is 10.2. The van der Waals surface area contributed by atoms with Gasteiger partial charge >= 0.3 is 0 Å². The Morgan fingerprint density at radius 2 is 2.17 bits per heavy atom. The molecule has 144 valence electrons. The van der Waals surface area contributed by atoms with Crippen LogP contribution in [0.4, 0.5) is 5.69 Å².